The first kappa shape index (κ1) is 17.5. The summed E-state index contributed by atoms with van der Waals surface area (Å²) in [5, 5.41) is 11.6. The van der Waals surface area contributed by atoms with Gasteiger partial charge in [0.2, 0.25) is 0 Å². The van der Waals surface area contributed by atoms with Gasteiger partial charge in [-0.2, -0.15) is 0 Å². The van der Waals surface area contributed by atoms with Crippen LogP contribution in [0.15, 0.2) is 36.7 Å². The summed E-state index contributed by atoms with van der Waals surface area (Å²) in [6.45, 7) is 5.04. The van der Waals surface area contributed by atoms with Crippen LogP contribution in [0.5, 0.6) is 5.75 Å². The van der Waals surface area contributed by atoms with E-state index in [1.54, 1.807) is 38.4 Å². The molecule has 0 fully saturated rings. The quantitative estimate of drug-likeness (QED) is 0.851. The summed E-state index contributed by atoms with van der Waals surface area (Å²) < 4.78 is 5.27. The monoisotopic (exact) mass is 328 g/mol. The summed E-state index contributed by atoms with van der Waals surface area (Å²) in [5.41, 5.74) is 2.86. The molecule has 6 heteroatoms. The first-order valence-electron chi connectivity index (χ1n) is 7.55. The van der Waals surface area contributed by atoms with Crippen molar-refractivity contribution in [3.8, 4) is 5.75 Å². The van der Waals surface area contributed by atoms with Crippen molar-refractivity contribution in [1.82, 2.24) is 10.3 Å². The van der Waals surface area contributed by atoms with Crippen molar-refractivity contribution in [2.45, 2.75) is 26.8 Å². The lowest BCUT2D eigenvalue weighted by molar-refractivity contribution is -0.139. The Hall–Kier alpha value is -2.89. The minimum absolute atomic E-state index is 0.172. The van der Waals surface area contributed by atoms with Crippen molar-refractivity contribution in [2.75, 3.05) is 6.61 Å². The Kier molecular flexibility index (Phi) is 5.52. The zero-order valence-electron chi connectivity index (χ0n) is 13.9. The van der Waals surface area contributed by atoms with Crippen LogP contribution in [0.25, 0.3) is 0 Å². The predicted molar refractivity (Wildman–Crippen MR) is 89.2 cm³/mol. The number of carboxylic acid groups (broad SMARTS) is 1. The zero-order chi connectivity index (χ0) is 17.7. The average molecular weight is 328 g/mol. The normalized spacial score (nSPS) is 11.6. The van der Waals surface area contributed by atoms with Gasteiger partial charge >= 0.3 is 5.97 Å². The van der Waals surface area contributed by atoms with Gasteiger partial charge in [-0.3, -0.25) is 9.78 Å². The van der Waals surface area contributed by atoms with E-state index in [-0.39, 0.29) is 11.9 Å². The van der Waals surface area contributed by atoms with Gasteiger partial charge in [0.05, 0.1) is 6.04 Å². The third kappa shape index (κ3) is 4.32. The number of aryl methyl sites for hydroxylation is 2. The SMILES string of the molecule is Cc1cc(C(=O)NC(C)c2cccnc2)cc(C)c1OCC(=O)O. The number of hydrogen-bond acceptors (Lipinski definition) is 4. The lowest BCUT2D eigenvalue weighted by atomic mass is 10.0. The maximum Gasteiger partial charge on any atom is 0.341 e. The minimum Gasteiger partial charge on any atom is -0.481 e. The van der Waals surface area contributed by atoms with Crippen molar-refractivity contribution >= 4 is 11.9 Å². The number of hydrogen-bond donors (Lipinski definition) is 2. The number of carboxylic acids is 1. The Morgan fingerprint density at radius 3 is 2.50 bits per heavy atom. The number of pyridine rings is 1. The molecule has 24 heavy (non-hydrogen) atoms. The van der Waals surface area contributed by atoms with Crippen LogP contribution in [0.1, 0.15) is 40.0 Å². The van der Waals surface area contributed by atoms with Crippen molar-refractivity contribution in [1.29, 1.82) is 0 Å². The average Bonchev–Trinajstić information content (AvgIpc) is 2.54. The third-order valence-electron chi connectivity index (χ3n) is 3.59. The molecule has 0 radical (unpaired) electrons. The molecular formula is C18H20N2O4. The molecular weight excluding hydrogens is 308 g/mol. The van der Waals surface area contributed by atoms with Gasteiger partial charge in [0.25, 0.3) is 5.91 Å². The summed E-state index contributed by atoms with van der Waals surface area (Å²) in [6, 6.07) is 6.93. The molecule has 1 atom stereocenters. The maximum atomic E-state index is 12.4. The van der Waals surface area contributed by atoms with Crippen LogP contribution in [0, 0.1) is 13.8 Å². The number of ether oxygens (including phenoxy) is 1. The number of nitrogens with zero attached hydrogens (tertiary/aromatic N) is 1. The van der Waals surface area contributed by atoms with Crippen molar-refractivity contribution in [2.24, 2.45) is 0 Å². The number of carbonyl (C=O) groups is 2. The third-order valence-corrected chi connectivity index (χ3v) is 3.59. The van der Waals surface area contributed by atoms with E-state index in [4.69, 9.17) is 9.84 Å². The van der Waals surface area contributed by atoms with Crippen LogP contribution < -0.4 is 10.1 Å². The Labute approximate surface area is 140 Å². The highest BCUT2D eigenvalue weighted by Crippen LogP contribution is 2.25. The fourth-order valence-electron chi connectivity index (χ4n) is 2.44. The lowest BCUT2D eigenvalue weighted by Gasteiger charge is -2.16. The highest BCUT2D eigenvalue weighted by atomic mass is 16.5. The Bertz CT molecular complexity index is 721. The van der Waals surface area contributed by atoms with Gasteiger partial charge in [-0.05, 0) is 55.7 Å². The van der Waals surface area contributed by atoms with E-state index in [0.29, 0.717) is 11.3 Å². The van der Waals surface area contributed by atoms with Gasteiger partial charge in [-0.1, -0.05) is 6.07 Å². The van der Waals surface area contributed by atoms with Crippen LogP contribution >= 0.6 is 0 Å². The van der Waals surface area contributed by atoms with Crippen molar-refractivity contribution in [3.05, 3.63) is 58.9 Å². The minimum atomic E-state index is -1.04. The van der Waals surface area contributed by atoms with E-state index in [2.05, 4.69) is 10.3 Å². The summed E-state index contributed by atoms with van der Waals surface area (Å²) in [6.07, 6.45) is 3.39. The molecule has 0 spiro atoms. The van der Waals surface area contributed by atoms with E-state index in [0.717, 1.165) is 16.7 Å². The highest BCUT2D eigenvalue weighted by Gasteiger charge is 2.15. The fraction of sp³-hybridized carbons (Fsp3) is 0.278. The molecule has 0 aliphatic carbocycles. The van der Waals surface area contributed by atoms with Crippen LogP contribution in [-0.2, 0) is 4.79 Å². The Morgan fingerprint density at radius 2 is 1.96 bits per heavy atom. The first-order chi connectivity index (χ1) is 11.4. The van der Waals surface area contributed by atoms with Gasteiger partial charge < -0.3 is 15.2 Å². The number of nitrogens with one attached hydrogen (secondary N) is 1. The molecule has 1 unspecified atom stereocenters. The molecule has 126 valence electrons. The molecule has 0 aliphatic rings. The Morgan fingerprint density at radius 1 is 1.29 bits per heavy atom. The molecule has 1 aromatic carbocycles. The summed E-state index contributed by atoms with van der Waals surface area (Å²) in [4.78, 5) is 27.1. The summed E-state index contributed by atoms with van der Waals surface area (Å²) in [5.74, 6) is -0.752. The molecule has 2 aromatic rings. The highest BCUT2D eigenvalue weighted by molar-refractivity contribution is 5.95. The van der Waals surface area contributed by atoms with Gasteiger partial charge in [0.15, 0.2) is 6.61 Å². The second-order valence-corrected chi connectivity index (χ2v) is 5.60. The molecule has 1 heterocycles. The van der Waals surface area contributed by atoms with E-state index in [1.165, 1.54) is 0 Å². The summed E-state index contributed by atoms with van der Waals surface area (Å²) in [7, 11) is 0. The maximum absolute atomic E-state index is 12.4. The molecule has 2 rings (SSSR count). The second kappa shape index (κ2) is 7.59. The van der Waals surface area contributed by atoms with Crippen LogP contribution in [0.2, 0.25) is 0 Å². The van der Waals surface area contributed by atoms with Crippen LogP contribution in [0.4, 0.5) is 0 Å². The molecule has 1 aromatic heterocycles. The predicted octanol–water partition coefficient (Wildman–Crippen LogP) is 2.65. The van der Waals surface area contributed by atoms with Crippen molar-refractivity contribution in [3.63, 3.8) is 0 Å². The topological polar surface area (TPSA) is 88.5 Å². The summed E-state index contributed by atoms with van der Waals surface area (Å²) >= 11 is 0. The number of carbonyl (C=O) groups excluding carboxylic acids is 1. The number of aromatic nitrogens is 1. The van der Waals surface area contributed by atoms with Crippen LogP contribution in [0.3, 0.4) is 0 Å². The van der Waals surface area contributed by atoms with E-state index in [1.807, 2.05) is 19.1 Å². The van der Waals surface area contributed by atoms with Gasteiger partial charge in [-0.15, -0.1) is 0 Å². The molecule has 0 saturated heterocycles. The van der Waals surface area contributed by atoms with Crippen molar-refractivity contribution < 1.29 is 19.4 Å². The van der Waals surface area contributed by atoms with E-state index >= 15 is 0 Å². The molecule has 0 saturated carbocycles. The molecule has 0 bridgehead atoms. The molecule has 6 nitrogen and oxygen atoms in total. The molecule has 0 aliphatic heterocycles. The number of benzene rings is 1. The molecule has 2 N–H and O–H groups in total. The Balaban J connectivity index is 2.14. The molecule has 1 amide bonds. The number of rotatable bonds is 6. The zero-order valence-corrected chi connectivity index (χ0v) is 13.9. The smallest absolute Gasteiger partial charge is 0.341 e. The van der Waals surface area contributed by atoms with Gasteiger partial charge in [0, 0.05) is 18.0 Å². The van der Waals surface area contributed by atoms with E-state index in [9.17, 15) is 9.59 Å². The second-order valence-electron chi connectivity index (χ2n) is 5.60. The standard InChI is InChI=1S/C18H20N2O4/c1-11-7-15(8-12(2)17(11)24-10-16(21)22)18(23)20-13(3)14-5-4-6-19-9-14/h4-9,13H,10H2,1-3H3,(H,20,23)(H,21,22). The number of amides is 1. The lowest BCUT2D eigenvalue weighted by Crippen LogP contribution is -2.27. The van der Waals surface area contributed by atoms with Crippen LogP contribution in [-0.4, -0.2) is 28.6 Å². The number of aliphatic carboxylic acids is 1. The fourth-order valence-corrected chi connectivity index (χ4v) is 2.44. The van der Waals surface area contributed by atoms with Gasteiger partial charge in [0.1, 0.15) is 5.75 Å². The van der Waals surface area contributed by atoms with E-state index < -0.39 is 12.6 Å². The first-order valence-corrected chi connectivity index (χ1v) is 7.55. The largest absolute Gasteiger partial charge is 0.481 e. The van der Waals surface area contributed by atoms with Gasteiger partial charge in [-0.25, -0.2) is 4.79 Å².